The van der Waals surface area contributed by atoms with Gasteiger partial charge in [0.05, 0.1) is 29.2 Å². The summed E-state index contributed by atoms with van der Waals surface area (Å²) in [4.78, 5) is 34.0. The second-order valence-electron chi connectivity index (χ2n) is 8.86. The molecule has 6 nitrogen and oxygen atoms in total. The second kappa shape index (κ2) is 11.9. The smallest absolute Gasteiger partial charge is 0.266 e. The van der Waals surface area contributed by atoms with Gasteiger partial charge in [0.25, 0.3) is 5.56 Å². The van der Waals surface area contributed by atoms with Gasteiger partial charge in [0.15, 0.2) is 0 Å². The van der Waals surface area contributed by atoms with Gasteiger partial charge >= 0.3 is 0 Å². The molecule has 0 bridgehead atoms. The molecule has 182 valence electrons. The zero-order chi connectivity index (χ0) is 24.7. The molecule has 0 aliphatic heterocycles. The van der Waals surface area contributed by atoms with Crippen LogP contribution in [0.25, 0.3) is 16.6 Å². The lowest BCUT2D eigenvalue weighted by atomic mass is 10.1. The molecule has 0 saturated heterocycles. The Morgan fingerprint density at radius 1 is 1.09 bits per heavy atom. The van der Waals surface area contributed by atoms with Crippen molar-refractivity contribution in [2.45, 2.75) is 65.8 Å². The lowest BCUT2D eigenvalue weighted by Crippen LogP contribution is -2.40. The Labute approximate surface area is 202 Å². The first-order valence-corrected chi connectivity index (χ1v) is 12.3. The minimum atomic E-state index is -0.344. The molecular formula is C28H37N3O3. The van der Waals surface area contributed by atoms with E-state index in [1.54, 1.807) is 11.7 Å². The van der Waals surface area contributed by atoms with E-state index >= 15 is 0 Å². The number of aryl methyl sites for hydroxylation is 2. The second-order valence-corrected chi connectivity index (χ2v) is 8.86. The fraction of sp³-hybridized carbons (Fsp3) is 0.464. The van der Waals surface area contributed by atoms with Gasteiger partial charge in [-0.15, -0.1) is 0 Å². The highest BCUT2D eigenvalue weighted by atomic mass is 16.5. The molecule has 0 N–H and O–H groups in total. The van der Waals surface area contributed by atoms with E-state index in [1.807, 2.05) is 61.2 Å². The number of rotatable bonds is 11. The molecule has 34 heavy (non-hydrogen) atoms. The number of methoxy groups -OCH3 is 1. The van der Waals surface area contributed by atoms with E-state index in [0.29, 0.717) is 42.7 Å². The Kier molecular flexibility index (Phi) is 8.99. The van der Waals surface area contributed by atoms with E-state index in [1.165, 1.54) is 0 Å². The number of fused-ring (bicyclic) bond motifs is 1. The third-order valence-corrected chi connectivity index (χ3v) is 6.46. The van der Waals surface area contributed by atoms with Crippen molar-refractivity contribution in [2.24, 2.45) is 0 Å². The number of unbranched alkanes of at least 4 members (excludes halogenated alkanes) is 2. The normalized spacial score (nSPS) is 12.1. The Hall–Kier alpha value is -2.99. The number of nitrogens with zero attached hydrogens (tertiary/aromatic N) is 3. The molecule has 0 saturated carbocycles. The maximum absolute atomic E-state index is 13.8. The standard InChI is InChI=1S/C28H37N3O3/c1-6-8-9-14-26(32)30(17-18-34-5)25(7-2)27-29-24-13-11-10-12-23(24)28(33)31(27)22-16-15-20(3)21(4)19-22/h10-13,15-16,19,25H,6-9,14,17-18H2,1-5H3. The molecule has 6 heteroatoms. The lowest BCUT2D eigenvalue weighted by Gasteiger charge is -2.32. The highest BCUT2D eigenvalue weighted by Gasteiger charge is 2.28. The monoisotopic (exact) mass is 463 g/mol. The third kappa shape index (κ3) is 5.55. The van der Waals surface area contributed by atoms with Crippen molar-refractivity contribution in [1.82, 2.24) is 14.5 Å². The van der Waals surface area contributed by atoms with Crippen LogP contribution in [0.4, 0.5) is 0 Å². The average molecular weight is 464 g/mol. The van der Waals surface area contributed by atoms with Crippen molar-refractivity contribution < 1.29 is 9.53 Å². The molecule has 0 radical (unpaired) electrons. The molecule has 1 atom stereocenters. The van der Waals surface area contributed by atoms with Crippen LogP contribution in [0.1, 0.15) is 68.9 Å². The number of carbonyl (C=O) groups excluding carboxylic acids is 1. The minimum absolute atomic E-state index is 0.0754. The number of para-hydroxylation sites is 1. The van der Waals surface area contributed by atoms with Gasteiger partial charge in [-0.1, -0.05) is 44.9 Å². The molecule has 1 amide bonds. The number of amides is 1. The molecule has 2 aromatic carbocycles. The van der Waals surface area contributed by atoms with Crippen LogP contribution in [0.3, 0.4) is 0 Å². The van der Waals surface area contributed by atoms with Gasteiger partial charge in [0.1, 0.15) is 5.82 Å². The third-order valence-electron chi connectivity index (χ3n) is 6.46. The summed E-state index contributed by atoms with van der Waals surface area (Å²) in [5.41, 5.74) is 3.55. The molecule has 1 heterocycles. The van der Waals surface area contributed by atoms with Gasteiger partial charge in [0.2, 0.25) is 5.91 Å². The highest BCUT2D eigenvalue weighted by molar-refractivity contribution is 5.79. The van der Waals surface area contributed by atoms with Crippen LogP contribution in [0.2, 0.25) is 0 Å². The van der Waals surface area contributed by atoms with Crippen molar-refractivity contribution in [3.05, 3.63) is 69.8 Å². The first-order chi connectivity index (χ1) is 16.4. The molecule has 1 aromatic heterocycles. The predicted octanol–water partition coefficient (Wildman–Crippen LogP) is 5.51. The largest absolute Gasteiger partial charge is 0.383 e. The van der Waals surface area contributed by atoms with E-state index in [2.05, 4.69) is 13.8 Å². The van der Waals surface area contributed by atoms with Crippen molar-refractivity contribution in [2.75, 3.05) is 20.3 Å². The number of hydrogen-bond donors (Lipinski definition) is 0. The topological polar surface area (TPSA) is 64.4 Å². The summed E-state index contributed by atoms with van der Waals surface area (Å²) < 4.78 is 7.03. The Balaban J connectivity index is 2.21. The van der Waals surface area contributed by atoms with Crippen LogP contribution in [-0.2, 0) is 9.53 Å². The van der Waals surface area contributed by atoms with E-state index in [4.69, 9.17) is 9.72 Å². The number of ether oxygens (including phenoxy) is 1. The fourth-order valence-corrected chi connectivity index (χ4v) is 4.34. The van der Waals surface area contributed by atoms with Crippen molar-refractivity contribution in [1.29, 1.82) is 0 Å². The van der Waals surface area contributed by atoms with Crippen molar-refractivity contribution in [3.8, 4) is 5.69 Å². The number of hydrogen-bond acceptors (Lipinski definition) is 4. The minimum Gasteiger partial charge on any atom is -0.383 e. The van der Waals surface area contributed by atoms with Crippen LogP contribution < -0.4 is 5.56 Å². The van der Waals surface area contributed by atoms with Gasteiger partial charge in [-0.2, -0.15) is 0 Å². The zero-order valence-electron chi connectivity index (χ0n) is 21.1. The van der Waals surface area contributed by atoms with Crippen LogP contribution in [0.5, 0.6) is 0 Å². The van der Waals surface area contributed by atoms with Gasteiger partial charge in [-0.05, 0) is 62.1 Å². The maximum Gasteiger partial charge on any atom is 0.266 e. The molecular weight excluding hydrogens is 426 g/mol. The summed E-state index contributed by atoms with van der Waals surface area (Å²) in [5.74, 6) is 0.667. The Bertz CT molecular complexity index is 1190. The molecule has 3 rings (SSSR count). The van der Waals surface area contributed by atoms with Gasteiger partial charge in [0, 0.05) is 20.1 Å². The van der Waals surface area contributed by atoms with E-state index in [9.17, 15) is 9.59 Å². The van der Waals surface area contributed by atoms with Crippen molar-refractivity contribution in [3.63, 3.8) is 0 Å². The summed E-state index contributed by atoms with van der Waals surface area (Å²) in [7, 11) is 1.64. The fourth-order valence-electron chi connectivity index (χ4n) is 4.34. The van der Waals surface area contributed by atoms with Crippen molar-refractivity contribution >= 4 is 16.8 Å². The summed E-state index contributed by atoms with van der Waals surface area (Å²) in [6.07, 6.45) is 4.04. The average Bonchev–Trinajstić information content (AvgIpc) is 2.83. The van der Waals surface area contributed by atoms with E-state index < -0.39 is 0 Å². The summed E-state index contributed by atoms with van der Waals surface area (Å²) in [6.45, 7) is 9.14. The van der Waals surface area contributed by atoms with Crippen LogP contribution in [0.15, 0.2) is 47.3 Å². The Morgan fingerprint density at radius 3 is 2.53 bits per heavy atom. The number of benzene rings is 2. The number of aromatic nitrogens is 2. The summed E-state index contributed by atoms with van der Waals surface area (Å²) in [6, 6.07) is 13.1. The zero-order valence-corrected chi connectivity index (χ0v) is 21.1. The molecule has 0 aliphatic carbocycles. The molecule has 0 fully saturated rings. The molecule has 0 aliphatic rings. The van der Waals surface area contributed by atoms with Crippen LogP contribution in [0, 0.1) is 13.8 Å². The lowest BCUT2D eigenvalue weighted by molar-refractivity contribution is -0.135. The molecule has 3 aromatic rings. The quantitative estimate of drug-likeness (QED) is 0.352. The van der Waals surface area contributed by atoms with E-state index in [-0.39, 0.29) is 17.5 Å². The summed E-state index contributed by atoms with van der Waals surface area (Å²) >= 11 is 0. The predicted molar refractivity (Wildman–Crippen MR) is 138 cm³/mol. The van der Waals surface area contributed by atoms with Gasteiger partial charge < -0.3 is 9.64 Å². The Morgan fingerprint density at radius 2 is 1.85 bits per heavy atom. The number of carbonyl (C=O) groups is 1. The maximum atomic E-state index is 13.8. The molecule has 1 unspecified atom stereocenters. The van der Waals surface area contributed by atoms with Gasteiger partial charge in [-0.3, -0.25) is 14.2 Å². The highest BCUT2D eigenvalue weighted by Crippen LogP contribution is 2.27. The molecule has 0 spiro atoms. The first-order valence-electron chi connectivity index (χ1n) is 12.3. The SMILES string of the molecule is CCCCCC(=O)N(CCOC)C(CC)c1nc2ccccc2c(=O)n1-c1ccc(C)c(C)c1. The van der Waals surface area contributed by atoms with Crippen LogP contribution >= 0.6 is 0 Å². The first kappa shape index (κ1) is 25.6. The van der Waals surface area contributed by atoms with Gasteiger partial charge in [-0.25, -0.2) is 4.98 Å². The van der Waals surface area contributed by atoms with Crippen LogP contribution in [-0.4, -0.2) is 40.6 Å². The van der Waals surface area contributed by atoms with E-state index in [0.717, 1.165) is 36.1 Å². The summed E-state index contributed by atoms with van der Waals surface area (Å²) in [5, 5.41) is 0.567.